The standard InChI is InChI=1S/C12H14BrNOS2/c1-8(14)12(10-4-5-11(13)17-10)16-7-9-3-2-6-15-9/h2-6,8,12H,7,14H2,1H3. The Labute approximate surface area is 118 Å². The number of hydrogen-bond acceptors (Lipinski definition) is 4. The third kappa shape index (κ3) is 3.61. The van der Waals surface area contributed by atoms with Gasteiger partial charge in [-0.1, -0.05) is 0 Å². The highest BCUT2D eigenvalue weighted by molar-refractivity contribution is 9.11. The molecule has 2 nitrogen and oxygen atoms in total. The van der Waals surface area contributed by atoms with Crippen molar-refractivity contribution in [3.63, 3.8) is 0 Å². The lowest BCUT2D eigenvalue weighted by Gasteiger charge is -2.18. The molecule has 0 spiro atoms. The molecule has 0 bridgehead atoms. The van der Waals surface area contributed by atoms with E-state index in [1.165, 1.54) is 4.88 Å². The summed E-state index contributed by atoms with van der Waals surface area (Å²) in [4.78, 5) is 1.31. The van der Waals surface area contributed by atoms with Crippen LogP contribution in [0.2, 0.25) is 0 Å². The van der Waals surface area contributed by atoms with Gasteiger partial charge in [0.25, 0.3) is 0 Å². The van der Waals surface area contributed by atoms with E-state index >= 15 is 0 Å². The maximum atomic E-state index is 6.06. The zero-order valence-electron chi connectivity index (χ0n) is 9.43. The third-order valence-corrected chi connectivity index (χ3v) is 5.69. The van der Waals surface area contributed by atoms with Gasteiger partial charge in [0, 0.05) is 10.9 Å². The smallest absolute Gasteiger partial charge is 0.113 e. The van der Waals surface area contributed by atoms with E-state index in [4.69, 9.17) is 10.2 Å². The number of halogens is 1. The van der Waals surface area contributed by atoms with Crippen LogP contribution < -0.4 is 5.73 Å². The van der Waals surface area contributed by atoms with Crippen molar-refractivity contribution in [2.75, 3.05) is 0 Å². The lowest BCUT2D eigenvalue weighted by molar-refractivity contribution is 0.530. The maximum absolute atomic E-state index is 6.06. The van der Waals surface area contributed by atoms with Gasteiger partial charge in [-0.15, -0.1) is 23.1 Å². The molecule has 0 saturated carbocycles. The molecule has 92 valence electrons. The topological polar surface area (TPSA) is 39.2 Å². The molecular formula is C12H14BrNOS2. The van der Waals surface area contributed by atoms with Gasteiger partial charge in [-0.05, 0) is 47.1 Å². The molecule has 0 amide bonds. The predicted molar refractivity (Wildman–Crippen MR) is 78.4 cm³/mol. The normalized spacial score (nSPS) is 14.8. The largest absolute Gasteiger partial charge is 0.468 e. The van der Waals surface area contributed by atoms with Crippen LogP contribution >= 0.6 is 39.0 Å². The quantitative estimate of drug-likeness (QED) is 0.881. The van der Waals surface area contributed by atoms with Crippen LogP contribution in [-0.2, 0) is 5.75 Å². The lowest BCUT2D eigenvalue weighted by Crippen LogP contribution is -2.22. The summed E-state index contributed by atoms with van der Waals surface area (Å²) in [5.41, 5.74) is 6.06. The van der Waals surface area contributed by atoms with Gasteiger partial charge in [0.15, 0.2) is 0 Å². The fourth-order valence-corrected chi connectivity index (χ4v) is 4.46. The molecule has 0 aliphatic rings. The number of furan rings is 1. The maximum Gasteiger partial charge on any atom is 0.113 e. The molecule has 0 aromatic carbocycles. The molecule has 2 atom stereocenters. The SMILES string of the molecule is CC(N)C(SCc1ccco1)c1ccc(Br)s1. The molecule has 0 fully saturated rings. The van der Waals surface area contributed by atoms with Crippen molar-refractivity contribution in [3.05, 3.63) is 45.0 Å². The van der Waals surface area contributed by atoms with Crippen molar-refractivity contribution in [1.82, 2.24) is 0 Å². The molecule has 5 heteroatoms. The van der Waals surface area contributed by atoms with Gasteiger partial charge in [-0.2, -0.15) is 0 Å². The molecule has 2 aromatic rings. The molecule has 2 N–H and O–H groups in total. The molecule has 0 aliphatic carbocycles. The summed E-state index contributed by atoms with van der Waals surface area (Å²) in [5.74, 6) is 1.85. The molecular weight excluding hydrogens is 318 g/mol. The Bertz CT molecular complexity index is 453. The van der Waals surface area contributed by atoms with Crippen molar-refractivity contribution < 1.29 is 4.42 Å². The van der Waals surface area contributed by atoms with Crippen molar-refractivity contribution in [2.24, 2.45) is 5.73 Å². The first-order valence-electron chi connectivity index (χ1n) is 5.31. The Balaban J connectivity index is 2.03. The summed E-state index contributed by atoms with van der Waals surface area (Å²) < 4.78 is 6.49. The Morgan fingerprint density at radius 1 is 1.47 bits per heavy atom. The van der Waals surface area contributed by atoms with Gasteiger partial charge in [0.1, 0.15) is 5.76 Å². The fraction of sp³-hybridized carbons (Fsp3) is 0.333. The third-order valence-electron chi connectivity index (χ3n) is 2.34. The molecule has 17 heavy (non-hydrogen) atoms. The zero-order chi connectivity index (χ0) is 12.3. The highest BCUT2D eigenvalue weighted by atomic mass is 79.9. The predicted octanol–water partition coefficient (Wildman–Crippen LogP) is 4.43. The van der Waals surface area contributed by atoms with E-state index in [-0.39, 0.29) is 6.04 Å². The minimum Gasteiger partial charge on any atom is -0.468 e. The number of thioether (sulfide) groups is 1. The summed E-state index contributed by atoms with van der Waals surface area (Å²) in [7, 11) is 0. The monoisotopic (exact) mass is 331 g/mol. The van der Waals surface area contributed by atoms with E-state index < -0.39 is 0 Å². The molecule has 2 rings (SSSR count). The lowest BCUT2D eigenvalue weighted by atomic mass is 10.2. The first-order valence-corrected chi connectivity index (χ1v) is 7.97. The van der Waals surface area contributed by atoms with E-state index in [2.05, 4.69) is 28.1 Å². The van der Waals surface area contributed by atoms with Crippen LogP contribution in [0.4, 0.5) is 0 Å². The summed E-state index contributed by atoms with van der Waals surface area (Å²) in [6, 6.07) is 8.25. The van der Waals surface area contributed by atoms with Crippen LogP contribution in [-0.4, -0.2) is 6.04 Å². The number of nitrogens with two attached hydrogens (primary N) is 1. The minimum atomic E-state index is 0.125. The van der Waals surface area contributed by atoms with Gasteiger partial charge < -0.3 is 10.2 Å². The van der Waals surface area contributed by atoms with Gasteiger partial charge in [0.2, 0.25) is 0 Å². The van der Waals surface area contributed by atoms with Crippen LogP contribution in [0.3, 0.4) is 0 Å². The Morgan fingerprint density at radius 2 is 2.29 bits per heavy atom. The molecule has 2 aromatic heterocycles. The van der Waals surface area contributed by atoms with Gasteiger partial charge in [-0.3, -0.25) is 0 Å². The van der Waals surface area contributed by atoms with Crippen molar-refractivity contribution >= 4 is 39.0 Å². The molecule has 0 saturated heterocycles. The highest BCUT2D eigenvalue weighted by Gasteiger charge is 2.19. The van der Waals surface area contributed by atoms with Crippen LogP contribution in [0.25, 0.3) is 0 Å². The molecule has 0 radical (unpaired) electrons. The van der Waals surface area contributed by atoms with E-state index in [1.807, 2.05) is 30.8 Å². The van der Waals surface area contributed by atoms with Crippen LogP contribution in [0.15, 0.2) is 38.7 Å². The van der Waals surface area contributed by atoms with Crippen molar-refractivity contribution in [2.45, 2.75) is 24.0 Å². The first-order chi connectivity index (χ1) is 8.16. The average molecular weight is 332 g/mol. The molecule has 0 aliphatic heterocycles. The zero-order valence-corrected chi connectivity index (χ0v) is 12.6. The van der Waals surface area contributed by atoms with E-state index in [1.54, 1.807) is 17.6 Å². The fourth-order valence-electron chi connectivity index (χ4n) is 1.54. The second-order valence-electron chi connectivity index (χ2n) is 3.81. The van der Waals surface area contributed by atoms with E-state index in [0.717, 1.165) is 15.3 Å². The van der Waals surface area contributed by atoms with Crippen LogP contribution in [0, 0.1) is 0 Å². The first kappa shape index (κ1) is 13.2. The number of rotatable bonds is 5. The molecule has 2 unspecified atom stereocenters. The van der Waals surface area contributed by atoms with Gasteiger partial charge in [0.05, 0.1) is 21.1 Å². The number of thiophene rings is 1. The Kier molecular flexibility index (Phi) is 4.73. The van der Waals surface area contributed by atoms with Crippen molar-refractivity contribution in [1.29, 1.82) is 0 Å². The minimum absolute atomic E-state index is 0.125. The van der Waals surface area contributed by atoms with Crippen LogP contribution in [0.5, 0.6) is 0 Å². The van der Waals surface area contributed by atoms with E-state index in [0.29, 0.717) is 5.25 Å². The second kappa shape index (κ2) is 6.09. The summed E-state index contributed by atoms with van der Waals surface area (Å²) in [6.07, 6.45) is 1.71. The molecule has 2 heterocycles. The highest BCUT2D eigenvalue weighted by Crippen LogP contribution is 2.38. The number of hydrogen-bond donors (Lipinski definition) is 1. The van der Waals surface area contributed by atoms with Gasteiger partial charge >= 0.3 is 0 Å². The van der Waals surface area contributed by atoms with Crippen LogP contribution in [0.1, 0.15) is 22.8 Å². The van der Waals surface area contributed by atoms with E-state index in [9.17, 15) is 0 Å². The van der Waals surface area contributed by atoms with Crippen molar-refractivity contribution in [3.8, 4) is 0 Å². The Morgan fingerprint density at radius 3 is 2.82 bits per heavy atom. The average Bonchev–Trinajstić information content (AvgIpc) is 2.90. The Hall–Kier alpha value is -0.230. The summed E-state index contributed by atoms with van der Waals surface area (Å²) in [5, 5.41) is 0.316. The summed E-state index contributed by atoms with van der Waals surface area (Å²) in [6.45, 7) is 2.05. The second-order valence-corrected chi connectivity index (χ2v) is 7.44. The summed E-state index contributed by atoms with van der Waals surface area (Å²) >= 11 is 7.06. The van der Waals surface area contributed by atoms with Gasteiger partial charge in [-0.25, -0.2) is 0 Å².